The van der Waals surface area contributed by atoms with Gasteiger partial charge in [0, 0.05) is 0 Å². The van der Waals surface area contributed by atoms with E-state index in [1.54, 1.807) is 0 Å². The number of hydrogen-bond acceptors (Lipinski definition) is 0. The molecule has 1 rings (SSSR count). The van der Waals surface area contributed by atoms with Crippen molar-refractivity contribution in [3.8, 4) is 0 Å². The van der Waals surface area contributed by atoms with Gasteiger partial charge in [-0.1, -0.05) is 20.8 Å². The van der Waals surface area contributed by atoms with Crippen molar-refractivity contribution in [1.29, 1.82) is 0 Å². The zero-order valence-corrected chi connectivity index (χ0v) is 15.6. The molecule has 1 nitrogen and oxygen atoms in total. The summed E-state index contributed by atoms with van der Waals surface area (Å²) in [7, 11) is 1.86. The summed E-state index contributed by atoms with van der Waals surface area (Å²) in [5.74, 6) is 0. The normalized spacial score (nSPS) is 9.44. The van der Waals surface area contributed by atoms with Crippen molar-refractivity contribution in [2.45, 2.75) is 32.7 Å². The molecule has 0 bridgehead atoms. The van der Waals surface area contributed by atoms with Crippen LogP contribution in [-0.2, 0) is 19.2 Å². The Hall–Kier alpha value is 0.951. The fraction of sp³-hybridized carbons (Fsp3) is 0.455. The van der Waals surface area contributed by atoms with E-state index in [4.69, 9.17) is 5.73 Å². The Kier molecular flexibility index (Phi) is 56.1. The van der Waals surface area contributed by atoms with E-state index < -0.39 is 0 Å². The predicted octanol–water partition coefficient (Wildman–Crippen LogP) is 3.97. The van der Waals surface area contributed by atoms with Crippen LogP contribution < -0.4 is 0 Å². The van der Waals surface area contributed by atoms with Gasteiger partial charge in [-0.3, -0.25) is 6.08 Å². The third kappa shape index (κ3) is 82.2. The quantitative estimate of drug-likeness (QED) is 0.477. The van der Waals surface area contributed by atoms with Gasteiger partial charge in [-0.25, -0.2) is 12.2 Å². The first-order valence-corrected chi connectivity index (χ1v) is 7.84. The molecule has 0 aromatic carbocycles. The first kappa shape index (κ1) is 36.0. The third-order valence-electron chi connectivity index (χ3n) is 0.586. The SMILES string of the molecule is CC(C)(C)[NH-].Cl.Cl.[C-]1=CC=CC1.[CH3-].[CH3-].[SiH2]=[Ti]. The number of rotatable bonds is 0. The van der Waals surface area contributed by atoms with Crippen LogP contribution in [0, 0.1) is 20.9 Å². The molecule has 16 heavy (non-hydrogen) atoms. The van der Waals surface area contributed by atoms with Crippen LogP contribution in [0.3, 0.4) is 0 Å². The van der Waals surface area contributed by atoms with Crippen LogP contribution in [0.4, 0.5) is 0 Å². The molecule has 0 spiro atoms. The summed E-state index contributed by atoms with van der Waals surface area (Å²) < 4.78 is 0. The van der Waals surface area contributed by atoms with Gasteiger partial charge in [-0.15, -0.1) is 36.8 Å². The molecular weight excluding hydrogens is 293 g/mol. The van der Waals surface area contributed by atoms with E-state index in [-0.39, 0.29) is 45.2 Å². The van der Waals surface area contributed by atoms with Gasteiger partial charge < -0.3 is 20.6 Å². The predicted molar refractivity (Wildman–Crippen MR) is 81.5 cm³/mol. The van der Waals surface area contributed by atoms with E-state index in [1.807, 2.05) is 59.7 Å². The summed E-state index contributed by atoms with van der Waals surface area (Å²) in [6, 6.07) is 0. The Morgan fingerprint density at radius 1 is 1.19 bits per heavy atom. The topological polar surface area (TPSA) is 23.8 Å². The van der Waals surface area contributed by atoms with Gasteiger partial charge in [0.1, 0.15) is 0 Å². The van der Waals surface area contributed by atoms with E-state index >= 15 is 0 Å². The van der Waals surface area contributed by atoms with Crippen molar-refractivity contribution in [3.05, 3.63) is 44.9 Å². The van der Waals surface area contributed by atoms with Crippen molar-refractivity contribution in [3.63, 3.8) is 0 Å². The summed E-state index contributed by atoms with van der Waals surface area (Å²) in [6.45, 7) is 5.56. The standard InChI is InChI=1S/C5H5.C4H10N.2CH3.2ClH.H2Si.Ti/c1-2-4-5-3-1;1-4(2,3)5;;;;;;/h1-3H,4H2;5H,1-3H3;2*1H3;2*1H;1H2;/q4*-1;;;;. The molecule has 0 aliphatic heterocycles. The van der Waals surface area contributed by atoms with Crippen LogP contribution >= 0.6 is 24.8 Å². The molecule has 0 heterocycles. The molecule has 0 saturated heterocycles. The minimum atomic E-state index is -0.250. The van der Waals surface area contributed by atoms with Crippen molar-refractivity contribution in [2.24, 2.45) is 0 Å². The molecule has 100 valence electrons. The monoisotopic (exact) mass is 317 g/mol. The van der Waals surface area contributed by atoms with Crippen LogP contribution in [0.25, 0.3) is 5.73 Å². The van der Waals surface area contributed by atoms with Crippen molar-refractivity contribution in [2.75, 3.05) is 0 Å². The molecule has 0 fully saturated rings. The molecule has 0 atom stereocenters. The zero-order chi connectivity index (χ0) is 10.0. The van der Waals surface area contributed by atoms with Crippen LogP contribution in [0.2, 0.25) is 0 Å². The zero-order valence-electron chi connectivity index (χ0n) is 11.0. The van der Waals surface area contributed by atoms with Gasteiger partial charge in [0.05, 0.1) is 0 Å². The molecule has 0 aromatic rings. The van der Waals surface area contributed by atoms with Crippen molar-refractivity contribution >= 4 is 32.4 Å². The Morgan fingerprint density at radius 2 is 1.50 bits per heavy atom. The second-order valence-electron chi connectivity index (χ2n) is 3.25. The van der Waals surface area contributed by atoms with Crippen LogP contribution in [-0.4, -0.2) is 13.2 Å². The van der Waals surface area contributed by atoms with E-state index in [2.05, 4.69) is 12.2 Å². The van der Waals surface area contributed by atoms with Gasteiger partial charge in [-0.05, 0) is 0 Å². The average molecular weight is 318 g/mol. The Labute approximate surface area is 129 Å². The van der Waals surface area contributed by atoms with Gasteiger partial charge in [0.15, 0.2) is 0 Å². The first-order valence-electron chi connectivity index (χ1n) is 3.82. The van der Waals surface area contributed by atoms with Crippen molar-refractivity contribution < 1.29 is 19.2 Å². The average Bonchev–Trinajstić information content (AvgIpc) is 2.41. The number of allylic oxidation sites excluding steroid dienone is 4. The number of halogens is 2. The Morgan fingerprint density at radius 3 is 1.56 bits per heavy atom. The Bertz CT molecular complexity index is 141. The number of nitrogens with one attached hydrogen (secondary N) is 1. The van der Waals surface area contributed by atoms with Crippen LogP contribution in [0.15, 0.2) is 18.2 Å². The van der Waals surface area contributed by atoms with Gasteiger partial charge in [-0.2, -0.15) is 6.08 Å². The first-order chi connectivity index (χ1) is 5.50. The molecular formula is C11H25Cl2NSiTi-4. The fourth-order valence-electron chi connectivity index (χ4n) is 0.340. The molecule has 0 unspecified atom stereocenters. The fourth-order valence-corrected chi connectivity index (χ4v) is 0.340. The summed E-state index contributed by atoms with van der Waals surface area (Å²) in [6.07, 6.45) is 10.0. The molecule has 0 saturated carbocycles. The summed E-state index contributed by atoms with van der Waals surface area (Å²) in [5.41, 5.74) is 6.69. The third-order valence-corrected chi connectivity index (χ3v) is 0.586. The molecule has 0 radical (unpaired) electrons. The summed E-state index contributed by atoms with van der Waals surface area (Å²) >= 11 is 2.03. The van der Waals surface area contributed by atoms with E-state index in [0.717, 1.165) is 6.42 Å². The van der Waals surface area contributed by atoms with Crippen LogP contribution in [0.5, 0.6) is 0 Å². The van der Waals surface area contributed by atoms with E-state index in [1.165, 1.54) is 0 Å². The van der Waals surface area contributed by atoms with E-state index in [0.29, 0.717) is 0 Å². The summed E-state index contributed by atoms with van der Waals surface area (Å²) in [5, 5.41) is 0. The van der Waals surface area contributed by atoms with Crippen LogP contribution in [0.1, 0.15) is 27.2 Å². The molecule has 1 aliphatic rings. The van der Waals surface area contributed by atoms with Gasteiger partial charge in [0.25, 0.3) is 0 Å². The molecule has 1 N–H and O–H groups in total. The molecule has 1 aliphatic carbocycles. The minimum absolute atomic E-state index is 0. The van der Waals surface area contributed by atoms with Gasteiger partial charge in [0.2, 0.25) is 0 Å². The van der Waals surface area contributed by atoms with E-state index in [9.17, 15) is 0 Å². The molecule has 5 heteroatoms. The maximum absolute atomic E-state index is 6.94. The second kappa shape index (κ2) is 25.0. The van der Waals surface area contributed by atoms with Crippen molar-refractivity contribution in [1.82, 2.24) is 0 Å². The molecule has 0 aromatic heterocycles. The Balaban J connectivity index is -0.0000000222. The second-order valence-corrected chi connectivity index (χ2v) is 3.25. The van der Waals surface area contributed by atoms with Gasteiger partial charge >= 0.3 is 26.8 Å². The number of hydrogen-bond donors (Lipinski definition) is 0. The maximum atomic E-state index is 6.94. The molecule has 0 amide bonds. The summed E-state index contributed by atoms with van der Waals surface area (Å²) in [4.78, 5) is 0.